The summed E-state index contributed by atoms with van der Waals surface area (Å²) in [7, 11) is -3.23. The van der Waals surface area contributed by atoms with E-state index in [2.05, 4.69) is 4.72 Å². The second-order valence-electron chi connectivity index (χ2n) is 6.05. The van der Waals surface area contributed by atoms with E-state index in [0.717, 1.165) is 17.6 Å². The lowest BCUT2D eigenvalue weighted by molar-refractivity contribution is 0.0476. The minimum absolute atomic E-state index is 0.264. The molecule has 0 aliphatic rings. The molecule has 0 amide bonds. The zero-order chi connectivity index (χ0) is 20.6. The maximum absolute atomic E-state index is 12.2. The van der Waals surface area contributed by atoms with E-state index in [1.807, 2.05) is 6.92 Å². The van der Waals surface area contributed by atoms with Crippen molar-refractivity contribution in [1.82, 2.24) is 4.72 Å². The largest absolute Gasteiger partial charge is 0.494 e. The van der Waals surface area contributed by atoms with Crippen molar-refractivity contribution in [2.45, 2.75) is 19.8 Å². The van der Waals surface area contributed by atoms with E-state index >= 15 is 0 Å². The van der Waals surface area contributed by atoms with Crippen LogP contribution in [-0.4, -0.2) is 46.2 Å². The lowest BCUT2D eigenvalue weighted by Gasteiger charge is -2.06. The van der Waals surface area contributed by atoms with E-state index in [1.165, 1.54) is 11.3 Å². The summed E-state index contributed by atoms with van der Waals surface area (Å²) in [5.41, 5.74) is 0.343. The Hall–Kier alpha value is -2.23. The van der Waals surface area contributed by atoms with Crippen molar-refractivity contribution < 1.29 is 27.5 Å². The molecular weight excluding hydrogens is 402 g/mol. The van der Waals surface area contributed by atoms with Crippen molar-refractivity contribution in [2.24, 2.45) is 0 Å². The maximum atomic E-state index is 12.2. The second-order valence-corrected chi connectivity index (χ2v) is 9.06. The van der Waals surface area contributed by atoms with E-state index < -0.39 is 16.0 Å². The van der Waals surface area contributed by atoms with Gasteiger partial charge in [0.2, 0.25) is 15.8 Å². The fraction of sp³-hybridized carbons (Fsp3) is 0.368. The van der Waals surface area contributed by atoms with Crippen molar-refractivity contribution in [3.8, 4) is 5.75 Å². The lowest BCUT2D eigenvalue weighted by atomic mass is 10.2. The standard InChI is InChI=1S/C19H23NO6S2/c1-3-12-25-15-6-4-14(5-7-15)19(22)26-13-17(21)18-9-8-16(27-18)10-11-20-28(2,23)24/h4-9,20H,3,10-13H2,1-2H3. The van der Waals surface area contributed by atoms with E-state index in [1.54, 1.807) is 36.4 Å². The van der Waals surface area contributed by atoms with E-state index in [4.69, 9.17) is 9.47 Å². The van der Waals surface area contributed by atoms with Gasteiger partial charge < -0.3 is 9.47 Å². The van der Waals surface area contributed by atoms with Gasteiger partial charge in [0.15, 0.2) is 6.61 Å². The quantitative estimate of drug-likeness (QED) is 0.439. The molecule has 1 N–H and O–H groups in total. The maximum Gasteiger partial charge on any atom is 0.338 e. The molecule has 1 heterocycles. The number of hydrogen-bond donors (Lipinski definition) is 1. The van der Waals surface area contributed by atoms with Gasteiger partial charge in [0.25, 0.3) is 0 Å². The number of nitrogens with one attached hydrogen (secondary N) is 1. The predicted octanol–water partition coefficient (Wildman–Crippen LogP) is 2.67. The molecule has 0 fully saturated rings. The topological polar surface area (TPSA) is 98.8 Å². The molecule has 0 aliphatic heterocycles. The van der Waals surface area contributed by atoms with Crippen molar-refractivity contribution in [1.29, 1.82) is 0 Å². The molecule has 28 heavy (non-hydrogen) atoms. The zero-order valence-electron chi connectivity index (χ0n) is 15.8. The SMILES string of the molecule is CCCOc1ccc(C(=O)OCC(=O)c2ccc(CCNS(C)(=O)=O)s2)cc1. The van der Waals surface area contributed by atoms with Crippen LogP contribution in [-0.2, 0) is 21.2 Å². The summed E-state index contributed by atoms with van der Waals surface area (Å²) < 4.78 is 35.0. The van der Waals surface area contributed by atoms with E-state index in [0.29, 0.717) is 29.2 Å². The third-order valence-corrected chi connectivity index (χ3v) is 5.48. The summed E-state index contributed by atoms with van der Waals surface area (Å²) in [5.74, 6) is -0.209. The third kappa shape index (κ3) is 7.41. The number of carbonyl (C=O) groups is 2. The minimum atomic E-state index is -3.23. The summed E-state index contributed by atoms with van der Waals surface area (Å²) in [6, 6.07) is 9.97. The van der Waals surface area contributed by atoms with Gasteiger partial charge in [-0.25, -0.2) is 17.9 Å². The van der Waals surface area contributed by atoms with Crippen LogP contribution >= 0.6 is 11.3 Å². The monoisotopic (exact) mass is 425 g/mol. The molecule has 0 atom stereocenters. The fourth-order valence-electron chi connectivity index (χ4n) is 2.21. The van der Waals surface area contributed by atoms with Crippen molar-refractivity contribution in [3.05, 3.63) is 51.7 Å². The minimum Gasteiger partial charge on any atom is -0.494 e. The molecule has 1 aromatic heterocycles. The summed E-state index contributed by atoms with van der Waals surface area (Å²) in [4.78, 5) is 25.6. The molecule has 0 radical (unpaired) electrons. The average molecular weight is 426 g/mol. The zero-order valence-corrected chi connectivity index (χ0v) is 17.4. The van der Waals surface area contributed by atoms with Gasteiger partial charge in [-0.2, -0.15) is 0 Å². The Morgan fingerprint density at radius 1 is 1.11 bits per heavy atom. The number of hydrogen-bond acceptors (Lipinski definition) is 7. The molecule has 0 spiro atoms. The normalized spacial score (nSPS) is 11.2. The van der Waals surface area contributed by atoms with Crippen molar-refractivity contribution in [2.75, 3.05) is 26.0 Å². The van der Waals surface area contributed by atoms with Crippen LogP contribution in [0.15, 0.2) is 36.4 Å². The summed E-state index contributed by atoms with van der Waals surface area (Å²) in [5, 5.41) is 0. The highest BCUT2D eigenvalue weighted by atomic mass is 32.2. The number of thiophene rings is 1. The summed E-state index contributed by atoms with van der Waals surface area (Å²) in [6.07, 6.45) is 2.47. The predicted molar refractivity (Wildman–Crippen MR) is 108 cm³/mol. The Bertz CT molecular complexity index is 903. The van der Waals surface area contributed by atoms with Crippen LogP contribution in [0.2, 0.25) is 0 Å². The Balaban J connectivity index is 1.82. The highest BCUT2D eigenvalue weighted by Crippen LogP contribution is 2.18. The van der Waals surface area contributed by atoms with Gasteiger partial charge in [-0.3, -0.25) is 4.79 Å². The number of ether oxygens (including phenoxy) is 2. The lowest BCUT2D eigenvalue weighted by Crippen LogP contribution is -2.24. The Labute approximate surface area is 168 Å². The highest BCUT2D eigenvalue weighted by Gasteiger charge is 2.14. The molecule has 0 saturated heterocycles. The van der Waals surface area contributed by atoms with Gasteiger partial charge >= 0.3 is 5.97 Å². The van der Waals surface area contributed by atoms with Crippen molar-refractivity contribution >= 4 is 33.1 Å². The number of ketones is 1. The fourth-order valence-corrected chi connectivity index (χ4v) is 3.62. The number of esters is 1. The van der Waals surface area contributed by atoms with Crippen LogP contribution in [0, 0.1) is 0 Å². The van der Waals surface area contributed by atoms with Gasteiger partial charge in [-0.05, 0) is 49.2 Å². The number of Topliss-reactive ketones (excluding diaryl/α,β-unsaturated/α-hetero) is 1. The van der Waals surface area contributed by atoms with Crippen LogP contribution < -0.4 is 9.46 Å². The molecule has 0 unspecified atom stereocenters. The Morgan fingerprint density at radius 2 is 1.82 bits per heavy atom. The first-order chi connectivity index (χ1) is 13.3. The summed E-state index contributed by atoms with van der Waals surface area (Å²) in [6.45, 7) is 2.52. The third-order valence-electron chi connectivity index (χ3n) is 3.57. The molecular formula is C19H23NO6S2. The molecule has 2 aromatic rings. The number of rotatable bonds is 11. The number of benzene rings is 1. The Morgan fingerprint density at radius 3 is 2.46 bits per heavy atom. The van der Waals surface area contributed by atoms with Crippen molar-refractivity contribution in [3.63, 3.8) is 0 Å². The van der Waals surface area contributed by atoms with Crippen LogP contribution in [0.5, 0.6) is 5.75 Å². The Kier molecular flexibility index (Phi) is 8.16. The van der Waals surface area contributed by atoms with Crippen LogP contribution in [0.25, 0.3) is 0 Å². The molecule has 0 saturated carbocycles. The van der Waals surface area contributed by atoms with E-state index in [9.17, 15) is 18.0 Å². The molecule has 152 valence electrons. The van der Waals surface area contributed by atoms with Gasteiger partial charge in [-0.15, -0.1) is 11.3 Å². The van der Waals surface area contributed by atoms with Crippen LogP contribution in [0.4, 0.5) is 0 Å². The first kappa shape index (κ1) is 22.1. The molecule has 0 bridgehead atoms. The molecule has 9 heteroatoms. The number of sulfonamides is 1. The molecule has 7 nitrogen and oxygen atoms in total. The number of carbonyl (C=O) groups excluding carboxylic acids is 2. The van der Waals surface area contributed by atoms with Gasteiger partial charge in [0.05, 0.1) is 23.3 Å². The highest BCUT2D eigenvalue weighted by molar-refractivity contribution is 7.88. The molecule has 0 aliphatic carbocycles. The summed E-state index contributed by atoms with van der Waals surface area (Å²) >= 11 is 1.26. The molecule has 2 rings (SSSR count). The smallest absolute Gasteiger partial charge is 0.338 e. The first-order valence-corrected chi connectivity index (χ1v) is 11.5. The van der Waals surface area contributed by atoms with Gasteiger partial charge in [0, 0.05) is 11.4 Å². The second kappa shape index (κ2) is 10.4. The molecule has 1 aromatic carbocycles. The van der Waals surface area contributed by atoms with E-state index in [-0.39, 0.29) is 18.9 Å². The van der Waals surface area contributed by atoms with Crippen LogP contribution in [0.3, 0.4) is 0 Å². The van der Waals surface area contributed by atoms with Crippen LogP contribution in [0.1, 0.15) is 38.3 Å². The first-order valence-electron chi connectivity index (χ1n) is 8.75. The van der Waals surface area contributed by atoms with Gasteiger partial charge in [0.1, 0.15) is 5.75 Å². The van der Waals surface area contributed by atoms with Gasteiger partial charge in [-0.1, -0.05) is 6.92 Å². The average Bonchev–Trinajstić information content (AvgIpc) is 3.12.